The molecule has 5 nitrogen and oxygen atoms in total. The smallest absolute Gasteiger partial charge is 0.243 e. The Bertz CT molecular complexity index is 941. The molecule has 1 amide bonds. The second-order valence-corrected chi connectivity index (χ2v) is 6.91. The topological polar surface area (TPSA) is 55.5 Å². The molecule has 0 unspecified atom stereocenters. The van der Waals surface area contributed by atoms with Crippen LogP contribution in [0.4, 0.5) is 0 Å². The van der Waals surface area contributed by atoms with Crippen LogP contribution in [0.5, 0.6) is 0 Å². The lowest BCUT2D eigenvalue weighted by molar-refractivity contribution is -0.135. The minimum absolute atomic E-state index is 0.00333. The first-order valence-electron chi connectivity index (χ1n) is 8.87. The zero-order valence-electron chi connectivity index (χ0n) is 15.4. The van der Waals surface area contributed by atoms with Gasteiger partial charge in [-0.15, -0.1) is 0 Å². The predicted octanol–water partition coefficient (Wildman–Crippen LogP) is 3.67. The van der Waals surface area contributed by atoms with Gasteiger partial charge in [0.1, 0.15) is 12.3 Å². The van der Waals surface area contributed by atoms with Gasteiger partial charge in [0.2, 0.25) is 5.91 Å². The minimum Gasteiger partial charge on any atom is -0.467 e. The number of carbonyl (C=O) groups is 1. The van der Waals surface area contributed by atoms with E-state index in [-0.39, 0.29) is 23.9 Å². The second kappa shape index (κ2) is 7.60. The van der Waals surface area contributed by atoms with Crippen molar-refractivity contribution in [2.45, 2.75) is 39.9 Å². The highest BCUT2D eigenvalue weighted by Crippen LogP contribution is 2.17. The molecule has 0 fully saturated rings. The Balaban J connectivity index is 1.90. The van der Waals surface area contributed by atoms with Gasteiger partial charge in [-0.25, -0.2) is 0 Å². The van der Waals surface area contributed by atoms with Crippen molar-refractivity contribution in [1.29, 1.82) is 0 Å². The van der Waals surface area contributed by atoms with Crippen LogP contribution in [0.1, 0.15) is 26.5 Å². The van der Waals surface area contributed by atoms with Gasteiger partial charge in [0.15, 0.2) is 5.43 Å². The Morgan fingerprint density at radius 3 is 2.58 bits per heavy atom. The van der Waals surface area contributed by atoms with Crippen molar-refractivity contribution >= 4 is 16.8 Å². The van der Waals surface area contributed by atoms with Crippen LogP contribution in [0.3, 0.4) is 0 Å². The normalized spacial score (nSPS) is 12.5. The summed E-state index contributed by atoms with van der Waals surface area (Å²) in [5.41, 5.74) is 0.732. The van der Waals surface area contributed by atoms with Gasteiger partial charge in [0.05, 0.1) is 18.3 Å². The summed E-state index contributed by atoms with van der Waals surface area (Å²) in [5.74, 6) is 1.08. The van der Waals surface area contributed by atoms with Gasteiger partial charge in [-0.05, 0) is 37.1 Å². The predicted molar refractivity (Wildman–Crippen MR) is 102 cm³/mol. The van der Waals surface area contributed by atoms with Crippen molar-refractivity contribution in [2.24, 2.45) is 5.92 Å². The molecule has 0 aliphatic rings. The maximum atomic E-state index is 13.1. The number of rotatable bonds is 6. The molecule has 136 valence electrons. The number of furan rings is 1. The van der Waals surface area contributed by atoms with Crippen molar-refractivity contribution in [3.05, 3.63) is 70.9 Å². The number of hydrogen-bond donors (Lipinski definition) is 0. The summed E-state index contributed by atoms with van der Waals surface area (Å²) < 4.78 is 7.27. The van der Waals surface area contributed by atoms with E-state index in [0.29, 0.717) is 17.8 Å². The fourth-order valence-corrected chi connectivity index (χ4v) is 3.02. The number of para-hydroxylation sites is 1. The molecular weight excluding hydrogens is 328 g/mol. The summed E-state index contributed by atoms with van der Waals surface area (Å²) in [6.07, 6.45) is 3.31. The van der Waals surface area contributed by atoms with E-state index in [1.165, 1.54) is 6.07 Å². The summed E-state index contributed by atoms with van der Waals surface area (Å²) in [4.78, 5) is 27.0. The molecule has 0 bridgehead atoms. The summed E-state index contributed by atoms with van der Waals surface area (Å²) in [7, 11) is 0. The van der Waals surface area contributed by atoms with Gasteiger partial charge >= 0.3 is 0 Å². The number of fused-ring (bicyclic) bond motifs is 1. The van der Waals surface area contributed by atoms with E-state index in [4.69, 9.17) is 4.42 Å². The zero-order valence-corrected chi connectivity index (χ0v) is 15.4. The van der Waals surface area contributed by atoms with Gasteiger partial charge in [-0.2, -0.15) is 0 Å². The van der Waals surface area contributed by atoms with E-state index in [0.717, 1.165) is 11.3 Å². The Labute approximate surface area is 152 Å². The highest BCUT2D eigenvalue weighted by Gasteiger charge is 2.24. The average Bonchev–Trinajstić information content (AvgIpc) is 3.15. The number of nitrogens with zero attached hydrogens (tertiary/aromatic N) is 2. The standard InChI is InChI=1S/C21H24N2O3/c1-15(2)16(3)23(13-17-7-6-12-26-17)21(25)14-22-11-10-20(24)18-8-4-5-9-19(18)22/h4-12,15-16H,13-14H2,1-3H3/t16-/m1/s1. The Morgan fingerprint density at radius 2 is 1.88 bits per heavy atom. The highest BCUT2D eigenvalue weighted by molar-refractivity contribution is 5.82. The molecule has 0 aliphatic carbocycles. The van der Waals surface area contributed by atoms with Gasteiger partial charge in [-0.1, -0.05) is 26.0 Å². The monoisotopic (exact) mass is 352 g/mol. The maximum absolute atomic E-state index is 13.1. The highest BCUT2D eigenvalue weighted by atomic mass is 16.3. The Hall–Kier alpha value is -2.82. The van der Waals surface area contributed by atoms with Crippen molar-refractivity contribution in [3.63, 3.8) is 0 Å². The van der Waals surface area contributed by atoms with Crippen LogP contribution in [-0.2, 0) is 17.9 Å². The molecule has 0 radical (unpaired) electrons. The van der Waals surface area contributed by atoms with E-state index in [1.54, 1.807) is 18.5 Å². The van der Waals surface area contributed by atoms with Crippen LogP contribution in [0.2, 0.25) is 0 Å². The molecule has 0 N–H and O–H groups in total. The lowest BCUT2D eigenvalue weighted by Crippen LogP contribution is -2.42. The lowest BCUT2D eigenvalue weighted by Gasteiger charge is -2.31. The van der Waals surface area contributed by atoms with Gasteiger partial charge in [0, 0.05) is 23.7 Å². The molecule has 2 heterocycles. The number of aromatic nitrogens is 1. The molecule has 0 spiro atoms. The van der Waals surface area contributed by atoms with Crippen LogP contribution in [0.15, 0.2) is 64.1 Å². The SMILES string of the molecule is CC(C)[C@@H](C)N(Cc1ccco1)C(=O)Cn1ccc(=O)c2ccccc21. The maximum Gasteiger partial charge on any atom is 0.243 e. The largest absolute Gasteiger partial charge is 0.467 e. The molecule has 0 aliphatic heterocycles. The summed E-state index contributed by atoms with van der Waals surface area (Å²) in [6, 6.07) is 12.6. The van der Waals surface area contributed by atoms with Crippen LogP contribution in [-0.4, -0.2) is 21.4 Å². The number of hydrogen-bond acceptors (Lipinski definition) is 3. The summed E-state index contributed by atoms with van der Waals surface area (Å²) in [6.45, 7) is 6.86. The third kappa shape index (κ3) is 3.72. The molecule has 1 atom stereocenters. The molecule has 0 saturated heterocycles. The third-order valence-electron chi connectivity index (χ3n) is 4.87. The minimum atomic E-state index is -0.0349. The fraction of sp³-hybridized carbons (Fsp3) is 0.333. The van der Waals surface area contributed by atoms with Crippen LogP contribution >= 0.6 is 0 Å². The first-order chi connectivity index (χ1) is 12.5. The van der Waals surface area contributed by atoms with E-state index in [1.807, 2.05) is 39.8 Å². The second-order valence-electron chi connectivity index (χ2n) is 6.91. The lowest BCUT2D eigenvalue weighted by atomic mass is 10.0. The zero-order chi connectivity index (χ0) is 18.7. The molecule has 3 aromatic rings. The van der Waals surface area contributed by atoms with Crippen molar-refractivity contribution in [1.82, 2.24) is 9.47 Å². The fourth-order valence-electron chi connectivity index (χ4n) is 3.02. The molecule has 2 aromatic heterocycles. The Kier molecular flexibility index (Phi) is 5.26. The van der Waals surface area contributed by atoms with Gasteiger partial charge in [0.25, 0.3) is 0 Å². The van der Waals surface area contributed by atoms with Crippen LogP contribution in [0, 0.1) is 5.92 Å². The Morgan fingerprint density at radius 1 is 1.12 bits per heavy atom. The third-order valence-corrected chi connectivity index (χ3v) is 4.87. The number of amides is 1. The van der Waals surface area contributed by atoms with Crippen molar-refractivity contribution < 1.29 is 9.21 Å². The van der Waals surface area contributed by atoms with Crippen LogP contribution in [0.25, 0.3) is 10.9 Å². The molecule has 0 saturated carbocycles. The number of benzene rings is 1. The van der Waals surface area contributed by atoms with Crippen LogP contribution < -0.4 is 5.43 Å². The van der Waals surface area contributed by atoms with E-state index in [2.05, 4.69) is 20.8 Å². The number of pyridine rings is 1. The van der Waals surface area contributed by atoms with E-state index < -0.39 is 0 Å². The number of carbonyl (C=O) groups excluding carboxylic acids is 1. The summed E-state index contributed by atoms with van der Waals surface area (Å²) in [5, 5.41) is 0.622. The first kappa shape index (κ1) is 18.0. The van der Waals surface area contributed by atoms with Gasteiger partial charge < -0.3 is 13.9 Å². The molecule has 3 rings (SSSR count). The van der Waals surface area contributed by atoms with Crippen molar-refractivity contribution in [2.75, 3.05) is 0 Å². The first-order valence-corrected chi connectivity index (χ1v) is 8.87. The molecule has 5 heteroatoms. The quantitative estimate of drug-likeness (QED) is 0.680. The molecular formula is C21H24N2O3. The van der Waals surface area contributed by atoms with Gasteiger partial charge in [-0.3, -0.25) is 9.59 Å². The van der Waals surface area contributed by atoms with Crippen molar-refractivity contribution in [3.8, 4) is 0 Å². The molecule has 1 aromatic carbocycles. The van der Waals surface area contributed by atoms with E-state index in [9.17, 15) is 9.59 Å². The summed E-state index contributed by atoms with van der Waals surface area (Å²) >= 11 is 0. The molecule has 26 heavy (non-hydrogen) atoms. The average molecular weight is 352 g/mol. The van der Waals surface area contributed by atoms with E-state index >= 15 is 0 Å².